The van der Waals surface area contributed by atoms with Gasteiger partial charge >= 0.3 is 0 Å². The molecule has 3 rings (SSSR count). The Balaban J connectivity index is 2.27. The molecule has 0 bridgehead atoms. The fourth-order valence-corrected chi connectivity index (χ4v) is 4.07. The number of halogens is 1. The molecule has 0 aromatic heterocycles. The Morgan fingerprint density at radius 2 is 1.81 bits per heavy atom. The fourth-order valence-electron chi connectivity index (χ4n) is 3.88. The average Bonchev–Trinajstić information content (AvgIpc) is 2.94. The van der Waals surface area contributed by atoms with Crippen molar-refractivity contribution >= 4 is 29.1 Å². The summed E-state index contributed by atoms with van der Waals surface area (Å²) in [5.74, 6) is -1.66. The number of carbonyl (C=O) groups is 2. The molecular formula is C25H28ClNO4. The number of benzene rings is 2. The van der Waals surface area contributed by atoms with Crippen molar-refractivity contribution in [1.29, 1.82) is 0 Å². The second kappa shape index (κ2) is 8.39. The number of phenols is 1. The highest BCUT2D eigenvalue weighted by molar-refractivity contribution is 6.46. The van der Waals surface area contributed by atoms with Crippen LogP contribution in [0.2, 0.25) is 5.02 Å². The monoisotopic (exact) mass is 441 g/mol. The van der Waals surface area contributed by atoms with E-state index in [1.807, 2.05) is 32.0 Å². The van der Waals surface area contributed by atoms with E-state index in [0.717, 1.165) is 11.1 Å². The van der Waals surface area contributed by atoms with Crippen LogP contribution in [0.3, 0.4) is 0 Å². The van der Waals surface area contributed by atoms with Crippen LogP contribution in [0, 0.1) is 6.92 Å². The van der Waals surface area contributed by atoms with E-state index >= 15 is 0 Å². The van der Waals surface area contributed by atoms with Gasteiger partial charge in [-0.2, -0.15) is 0 Å². The van der Waals surface area contributed by atoms with E-state index in [1.54, 1.807) is 6.07 Å². The van der Waals surface area contributed by atoms with Crippen LogP contribution in [0.25, 0.3) is 5.76 Å². The molecule has 0 aliphatic carbocycles. The van der Waals surface area contributed by atoms with E-state index in [9.17, 15) is 19.8 Å². The molecule has 0 spiro atoms. The quantitative estimate of drug-likeness (QED) is 0.374. The number of carbonyl (C=O) groups excluding carboxylic acids is 2. The smallest absolute Gasteiger partial charge is 0.295 e. The van der Waals surface area contributed by atoms with Crippen LogP contribution in [0.15, 0.2) is 42.0 Å². The van der Waals surface area contributed by atoms with Gasteiger partial charge in [-0.25, -0.2) is 0 Å². The van der Waals surface area contributed by atoms with Crippen molar-refractivity contribution in [3.63, 3.8) is 0 Å². The molecule has 1 aliphatic rings. The molecule has 6 heteroatoms. The maximum absolute atomic E-state index is 13.0. The summed E-state index contributed by atoms with van der Waals surface area (Å²) < 4.78 is 0. The normalized spacial score (nSPS) is 18.6. The second-order valence-electron chi connectivity index (χ2n) is 8.98. The SMILES string of the molecule is CCCN1C(=O)C(=O)/C(=C(/O)c2cc(C(C)(C)C)ccc2C)C1c1ccc(O)c(Cl)c1. The van der Waals surface area contributed by atoms with Crippen molar-refractivity contribution in [2.75, 3.05) is 6.54 Å². The third-order valence-electron chi connectivity index (χ3n) is 5.65. The first-order valence-corrected chi connectivity index (χ1v) is 10.7. The second-order valence-corrected chi connectivity index (χ2v) is 9.39. The number of nitrogens with zero attached hydrogens (tertiary/aromatic N) is 1. The lowest BCUT2D eigenvalue weighted by atomic mass is 9.84. The van der Waals surface area contributed by atoms with Gasteiger partial charge in [0.05, 0.1) is 16.6 Å². The summed E-state index contributed by atoms with van der Waals surface area (Å²) in [6, 6.07) is 9.57. The van der Waals surface area contributed by atoms with E-state index in [1.165, 1.54) is 17.0 Å². The summed E-state index contributed by atoms with van der Waals surface area (Å²) in [4.78, 5) is 27.3. The molecule has 1 heterocycles. The molecule has 2 aromatic carbocycles. The number of amides is 1. The molecule has 1 unspecified atom stereocenters. The Labute approximate surface area is 188 Å². The number of aromatic hydroxyl groups is 1. The van der Waals surface area contributed by atoms with Crippen molar-refractivity contribution in [3.05, 3.63) is 69.2 Å². The van der Waals surface area contributed by atoms with Gasteiger partial charge in [-0.3, -0.25) is 9.59 Å². The summed E-state index contributed by atoms with van der Waals surface area (Å²) in [5, 5.41) is 21.3. The highest BCUT2D eigenvalue weighted by atomic mass is 35.5. The first-order chi connectivity index (χ1) is 14.5. The van der Waals surface area contributed by atoms with Crippen molar-refractivity contribution in [2.24, 2.45) is 0 Å². The van der Waals surface area contributed by atoms with Crippen LogP contribution in [0.4, 0.5) is 0 Å². The van der Waals surface area contributed by atoms with Gasteiger partial charge in [0.1, 0.15) is 11.5 Å². The van der Waals surface area contributed by atoms with Crippen molar-refractivity contribution in [2.45, 2.75) is 52.5 Å². The molecule has 2 N–H and O–H groups in total. The largest absolute Gasteiger partial charge is 0.507 e. The molecule has 1 amide bonds. The number of Topliss-reactive ketones (excluding diaryl/α,β-unsaturated/α-hetero) is 1. The number of rotatable bonds is 4. The lowest BCUT2D eigenvalue weighted by Crippen LogP contribution is -2.30. The minimum atomic E-state index is -0.782. The molecule has 5 nitrogen and oxygen atoms in total. The minimum Gasteiger partial charge on any atom is -0.507 e. The van der Waals surface area contributed by atoms with Gasteiger partial charge in [0.15, 0.2) is 0 Å². The fraction of sp³-hybridized carbons (Fsp3) is 0.360. The third kappa shape index (κ3) is 4.19. The van der Waals surface area contributed by atoms with Gasteiger partial charge in [0.25, 0.3) is 11.7 Å². The Hall–Kier alpha value is -2.79. The average molecular weight is 442 g/mol. The lowest BCUT2D eigenvalue weighted by Gasteiger charge is -2.25. The summed E-state index contributed by atoms with van der Waals surface area (Å²) in [5.41, 5.74) is 2.77. The number of likely N-dealkylation sites (tertiary alicyclic amines) is 1. The van der Waals surface area contributed by atoms with Crippen LogP contribution < -0.4 is 0 Å². The summed E-state index contributed by atoms with van der Waals surface area (Å²) in [7, 11) is 0. The Kier molecular flexibility index (Phi) is 6.19. The Morgan fingerprint density at radius 1 is 1.13 bits per heavy atom. The van der Waals surface area contributed by atoms with Crippen LogP contribution in [0.1, 0.15) is 62.4 Å². The highest BCUT2D eigenvalue weighted by Gasteiger charge is 2.46. The zero-order chi connectivity index (χ0) is 23.1. The van der Waals surface area contributed by atoms with Gasteiger partial charge in [-0.05, 0) is 53.6 Å². The molecule has 31 heavy (non-hydrogen) atoms. The van der Waals surface area contributed by atoms with Gasteiger partial charge in [0.2, 0.25) is 0 Å². The zero-order valence-electron chi connectivity index (χ0n) is 18.5. The van der Waals surface area contributed by atoms with Crippen LogP contribution in [-0.2, 0) is 15.0 Å². The van der Waals surface area contributed by atoms with E-state index in [2.05, 4.69) is 20.8 Å². The summed E-state index contributed by atoms with van der Waals surface area (Å²) >= 11 is 6.11. The maximum Gasteiger partial charge on any atom is 0.295 e. The van der Waals surface area contributed by atoms with Crippen molar-refractivity contribution < 1.29 is 19.8 Å². The molecule has 1 fully saturated rings. The van der Waals surface area contributed by atoms with Gasteiger partial charge in [-0.1, -0.05) is 57.5 Å². The molecule has 1 aliphatic heterocycles. The summed E-state index contributed by atoms with van der Waals surface area (Å²) in [6.07, 6.45) is 0.647. The number of aliphatic hydroxyl groups excluding tert-OH is 1. The maximum atomic E-state index is 13.0. The molecule has 0 saturated carbocycles. The van der Waals surface area contributed by atoms with Gasteiger partial charge in [-0.15, -0.1) is 0 Å². The van der Waals surface area contributed by atoms with E-state index in [4.69, 9.17) is 11.6 Å². The molecule has 0 radical (unpaired) electrons. The standard InChI is InChI=1S/C25H28ClNO4/c1-6-11-27-21(15-8-10-19(28)18(26)12-15)20(23(30)24(27)31)22(29)17-13-16(25(3,4)5)9-7-14(17)2/h7-10,12-13,21,28-29H,6,11H2,1-5H3/b22-20+. The molecular weight excluding hydrogens is 414 g/mol. The Morgan fingerprint density at radius 3 is 2.39 bits per heavy atom. The topological polar surface area (TPSA) is 77.8 Å². The number of phenolic OH excluding ortho intramolecular Hbond substituents is 1. The third-order valence-corrected chi connectivity index (χ3v) is 5.95. The van der Waals surface area contributed by atoms with Crippen LogP contribution in [-0.4, -0.2) is 33.3 Å². The molecule has 164 valence electrons. The Bertz CT molecular complexity index is 1080. The van der Waals surface area contributed by atoms with Crippen LogP contribution >= 0.6 is 11.6 Å². The molecule has 1 atom stereocenters. The number of aryl methyl sites for hydroxylation is 1. The first-order valence-electron chi connectivity index (χ1n) is 10.4. The van der Waals surface area contributed by atoms with Gasteiger partial charge < -0.3 is 15.1 Å². The number of hydrogen-bond acceptors (Lipinski definition) is 4. The van der Waals surface area contributed by atoms with E-state index in [-0.39, 0.29) is 27.5 Å². The molecule has 1 saturated heterocycles. The predicted molar refractivity (Wildman–Crippen MR) is 122 cm³/mol. The first kappa shape index (κ1) is 22.9. The van der Waals surface area contributed by atoms with Gasteiger partial charge in [0, 0.05) is 12.1 Å². The predicted octanol–water partition coefficient (Wildman–Crippen LogP) is 5.48. The number of aliphatic hydroxyl groups is 1. The van der Waals surface area contributed by atoms with E-state index < -0.39 is 17.7 Å². The van der Waals surface area contributed by atoms with E-state index in [0.29, 0.717) is 24.1 Å². The molecule has 2 aromatic rings. The lowest BCUT2D eigenvalue weighted by molar-refractivity contribution is -0.139. The van der Waals surface area contributed by atoms with Crippen molar-refractivity contribution in [1.82, 2.24) is 4.90 Å². The minimum absolute atomic E-state index is 0.0364. The van der Waals surface area contributed by atoms with Crippen LogP contribution in [0.5, 0.6) is 5.75 Å². The summed E-state index contributed by atoms with van der Waals surface area (Å²) in [6.45, 7) is 10.3. The highest BCUT2D eigenvalue weighted by Crippen LogP contribution is 2.42. The number of ketones is 1. The van der Waals surface area contributed by atoms with Crippen molar-refractivity contribution in [3.8, 4) is 5.75 Å². The number of hydrogen-bond donors (Lipinski definition) is 2. The zero-order valence-corrected chi connectivity index (χ0v) is 19.2.